The Morgan fingerprint density at radius 2 is 0.829 bits per heavy atom. The average Bonchev–Trinajstić information content (AvgIpc) is 2.94. The first-order chi connectivity index (χ1) is 20.0. The summed E-state index contributed by atoms with van der Waals surface area (Å²) < 4.78 is 35.8. The van der Waals surface area contributed by atoms with Gasteiger partial charge < -0.3 is 0 Å². The number of allylic oxidation sites excluding steroid dienone is 1. The fraction of sp³-hybridized carbons (Fsp3) is 0.944. The Morgan fingerprint density at radius 1 is 0.512 bits per heavy atom. The summed E-state index contributed by atoms with van der Waals surface area (Å²) in [6.45, 7) is 4.59. The molecule has 0 aliphatic rings. The van der Waals surface area contributed by atoms with Crippen molar-refractivity contribution in [3.8, 4) is 0 Å². The van der Waals surface area contributed by atoms with Crippen LogP contribution in [-0.2, 0) is 14.6 Å². The minimum atomic E-state index is -4.37. The fourth-order valence-corrected chi connectivity index (χ4v) is 6.10. The van der Waals surface area contributed by atoms with Gasteiger partial charge in [-0.05, 0) is 19.3 Å². The summed E-state index contributed by atoms with van der Waals surface area (Å²) in [5.41, 5.74) is 0. The van der Waals surface area contributed by atoms with E-state index in [2.05, 4.69) is 26.0 Å². The maximum absolute atomic E-state index is 11.0. The van der Waals surface area contributed by atoms with Crippen LogP contribution >= 0.6 is 0 Å². The predicted octanol–water partition coefficient (Wildman–Crippen LogP) is 12.7. The van der Waals surface area contributed by atoms with Gasteiger partial charge in [0.25, 0.3) is 0 Å². The van der Waals surface area contributed by atoms with Crippen molar-refractivity contribution in [2.45, 2.75) is 206 Å². The molecule has 4 nitrogen and oxygen atoms in total. The Hall–Kier alpha value is -0.390. The van der Waals surface area contributed by atoms with Gasteiger partial charge in [-0.2, -0.15) is 8.42 Å². The van der Waals surface area contributed by atoms with E-state index >= 15 is 0 Å². The molecule has 1 atom stereocenters. The summed E-state index contributed by atoms with van der Waals surface area (Å²) >= 11 is 0. The molecule has 246 valence electrons. The second-order valence-corrected chi connectivity index (χ2v) is 13.8. The van der Waals surface area contributed by atoms with E-state index in [9.17, 15) is 8.42 Å². The van der Waals surface area contributed by atoms with Gasteiger partial charge in [0.2, 0.25) is 0 Å². The lowest BCUT2D eigenvalue weighted by molar-refractivity contribution is 0.234. The van der Waals surface area contributed by atoms with Gasteiger partial charge in [0, 0.05) is 5.92 Å². The van der Waals surface area contributed by atoms with Gasteiger partial charge in [-0.1, -0.05) is 199 Å². The minimum Gasteiger partial charge on any atom is -0.264 e. The summed E-state index contributed by atoms with van der Waals surface area (Å²) in [5, 5.41) is 0. The van der Waals surface area contributed by atoms with Crippen LogP contribution in [0.5, 0.6) is 0 Å². The van der Waals surface area contributed by atoms with Crippen molar-refractivity contribution in [3.05, 3.63) is 12.2 Å². The Morgan fingerprint density at radius 3 is 1.17 bits per heavy atom. The quantitative estimate of drug-likeness (QED) is 0.0453. The summed E-state index contributed by atoms with van der Waals surface area (Å²) in [6.07, 6.45) is 44.2. The molecule has 41 heavy (non-hydrogen) atoms. The van der Waals surface area contributed by atoms with Crippen LogP contribution < -0.4 is 0 Å². The second-order valence-electron chi connectivity index (χ2n) is 12.7. The Kier molecular flexibility index (Phi) is 32.2. The number of unbranched alkanes of at least 4 members (excludes halogenated alkanes) is 27. The molecule has 0 amide bonds. The van der Waals surface area contributed by atoms with E-state index in [1.54, 1.807) is 0 Å². The van der Waals surface area contributed by atoms with Crippen molar-refractivity contribution in [2.75, 3.05) is 6.61 Å². The third-order valence-electron chi connectivity index (χ3n) is 8.49. The zero-order chi connectivity index (χ0) is 30.1. The highest BCUT2D eigenvalue weighted by Crippen LogP contribution is 2.18. The Balaban J connectivity index is 3.68. The lowest BCUT2D eigenvalue weighted by atomic mass is 9.99. The van der Waals surface area contributed by atoms with E-state index in [1.807, 2.05) is 0 Å². The van der Waals surface area contributed by atoms with Crippen LogP contribution in [0.2, 0.25) is 0 Å². The van der Waals surface area contributed by atoms with Gasteiger partial charge in [-0.3, -0.25) is 4.55 Å². The number of rotatable bonds is 34. The van der Waals surface area contributed by atoms with E-state index in [1.165, 1.54) is 173 Å². The van der Waals surface area contributed by atoms with E-state index in [-0.39, 0.29) is 12.5 Å². The van der Waals surface area contributed by atoms with E-state index < -0.39 is 10.4 Å². The standard InChI is InChI=1S/C36H72O4S/c1-3-5-7-9-11-13-15-16-17-18-19-20-21-22-23-24-26-28-30-32-34-36(35-40-41(37,38)39)33-31-29-27-25-14-12-10-8-6-4-2/h32,34,36H,3-31,33,35H2,1-2H3,(H,37,38,39)/b34-32+. The van der Waals surface area contributed by atoms with Crippen molar-refractivity contribution in [1.82, 2.24) is 0 Å². The lowest BCUT2D eigenvalue weighted by Gasteiger charge is -2.12. The van der Waals surface area contributed by atoms with Crippen LogP contribution in [0.25, 0.3) is 0 Å². The molecule has 0 aromatic carbocycles. The average molecular weight is 601 g/mol. The van der Waals surface area contributed by atoms with Gasteiger partial charge >= 0.3 is 10.4 Å². The second kappa shape index (κ2) is 32.5. The highest BCUT2D eigenvalue weighted by molar-refractivity contribution is 7.80. The van der Waals surface area contributed by atoms with Crippen molar-refractivity contribution in [2.24, 2.45) is 5.92 Å². The van der Waals surface area contributed by atoms with Crippen molar-refractivity contribution in [1.29, 1.82) is 0 Å². The van der Waals surface area contributed by atoms with E-state index in [0.717, 1.165) is 19.3 Å². The molecule has 0 aromatic rings. The summed E-state index contributed by atoms with van der Waals surface area (Å²) in [7, 11) is -4.37. The minimum absolute atomic E-state index is 0.0475. The predicted molar refractivity (Wildman–Crippen MR) is 180 cm³/mol. The lowest BCUT2D eigenvalue weighted by Crippen LogP contribution is -2.12. The molecule has 0 rings (SSSR count). The van der Waals surface area contributed by atoms with Crippen LogP contribution in [0, 0.1) is 5.92 Å². The topological polar surface area (TPSA) is 63.6 Å². The zero-order valence-electron chi connectivity index (χ0n) is 27.7. The Bertz CT molecular complexity index is 631. The van der Waals surface area contributed by atoms with Crippen LogP contribution in [0.4, 0.5) is 0 Å². The molecular formula is C36H72O4S. The highest BCUT2D eigenvalue weighted by atomic mass is 32.3. The van der Waals surface area contributed by atoms with Crippen LogP contribution in [0.1, 0.15) is 206 Å². The third-order valence-corrected chi connectivity index (χ3v) is 8.93. The molecule has 0 aromatic heterocycles. The molecule has 0 fully saturated rings. The van der Waals surface area contributed by atoms with Gasteiger partial charge in [-0.25, -0.2) is 4.18 Å². The van der Waals surface area contributed by atoms with Crippen LogP contribution in [-0.4, -0.2) is 19.6 Å². The molecule has 0 aliphatic carbocycles. The molecule has 0 bridgehead atoms. The molecule has 0 aliphatic heterocycles. The third kappa shape index (κ3) is 35.7. The maximum atomic E-state index is 11.0. The van der Waals surface area contributed by atoms with Gasteiger partial charge in [0.05, 0.1) is 6.61 Å². The molecule has 1 unspecified atom stereocenters. The van der Waals surface area contributed by atoms with Crippen molar-refractivity contribution >= 4 is 10.4 Å². The first-order valence-electron chi connectivity index (χ1n) is 18.3. The molecule has 0 heterocycles. The summed E-state index contributed by atoms with van der Waals surface area (Å²) in [5.74, 6) is 0.0570. The molecular weight excluding hydrogens is 528 g/mol. The van der Waals surface area contributed by atoms with E-state index in [4.69, 9.17) is 8.74 Å². The summed E-state index contributed by atoms with van der Waals surface area (Å²) in [4.78, 5) is 0. The monoisotopic (exact) mass is 601 g/mol. The molecule has 0 radical (unpaired) electrons. The SMILES string of the molecule is CCCCCCCCCCCCCCCCCCCC/C=C/C(CCCCCCCCCCCC)COS(=O)(=O)O. The number of hydrogen-bond donors (Lipinski definition) is 1. The number of hydrogen-bond acceptors (Lipinski definition) is 3. The first-order valence-corrected chi connectivity index (χ1v) is 19.6. The molecule has 0 saturated heterocycles. The van der Waals surface area contributed by atoms with Crippen molar-refractivity contribution in [3.63, 3.8) is 0 Å². The maximum Gasteiger partial charge on any atom is 0.397 e. The first kappa shape index (κ1) is 40.6. The highest BCUT2D eigenvalue weighted by Gasteiger charge is 2.11. The fourth-order valence-electron chi connectivity index (χ4n) is 5.75. The van der Waals surface area contributed by atoms with Crippen LogP contribution in [0.3, 0.4) is 0 Å². The normalized spacial score (nSPS) is 13.0. The van der Waals surface area contributed by atoms with Gasteiger partial charge in [0.1, 0.15) is 0 Å². The van der Waals surface area contributed by atoms with E-state index in [0.29, 0.717) is 0 Å². The van der Waals surface area contributed by atoms with Gasteiger partial charge in [-0.15, -0.1) is 0 Å². The largest absolute Gasteiger partial charge is 0.397 e. The zero-order valence-corrected chi connectivity index (χ0v) is 28.5. The molecule has 0 saturated carbocycles. The molecule has 5 heteroatoms. The van der Waals surface area contributed by atoms with Gasteiger partial charge in [0.15, 0.2) is 0 Å². The van der Waals surface area contributed by atoms with Crippen LogP contribution in [0.15, 0.2) is 12.2 Å². The van der Waals surface area contributed by atoms with Crippen molar-refractivity contribution < 1.29 is 17.2 Å². The molecule has 0 spiro atoms. The molecule has 1 N–H and O–H groups in total. The Labute approximate surface area is 258 Å². The smallest absolute Gasteiger partial charge is 0.264 e. The summed E-state index contributed by atoms with van der Waals surface area (Å²) in [6, 6.07) is 0.